The van der Waals surface area contributed by atoms with Crippen molar-refractivity contribution in [3.8, 4) is 0 Å². The molecule has 0 heterocycles. The van der Waals surface area contributed by atoms with E-state index in [9.17, 15) is 9.59 Å². The first kappa shape index (κ1) is 16.2. The zero-order valence-corrected chi connectivity index (χ0v) is 14.1. The Kier molecular flexibility index (Phi) is 4.38. The molecule has 0 fully saturated rings. The van der Waals surface area contributed by atoms with Crippen LogP contribution in [0, 0.1) is 0 Å². The summed E-state index contributed by atoms with van der Waals surface area (Å²) >= 11 is 0. The molecule has 0 aromatic heterocycles. The Morgan fingerprint density at radius 3 is 2.12 bits per heavy atom. The van der Waals surface area contributed by atoms with Crippen molar-refractivity contribution in [1.82, 2.24) is 10.6 Å². The van der Waals surface area contributed by atoms with E-state index in [0.717, 1.165) is 18.4 Å². The number of rotatable bonds is 4. The molecular formula is C20H22N2O2. The summed E-state index contributed by atoms with van der Waals surface area (Å²) in [6, 6.07) is 15.5. The molecule has 4 heteroatoms. The van der Waals surface area contributed by atoms with Crippen LogP contribution in [0.5, 0.6) is 0 Å². The van der Waals surface area contributed by atoms with Crippen LogP contribution in [0.2, 0.25) is 0 Å². The molecule has 0 unspecified atom stereocenters. The zero-order valence-electron chi connectivity index (χ0n) is 14.1. The Hall–Kier alpha value is -2.62. The van der Waals surface area contributed by atoms with Gasteiger partial charge in [0.1, 0.15) is 0 Å². The van der Waals surface area contributed by atoms with Crippen molar-refractivity contribution in [3.05, 3.63) is 70.8 Å². The van der Waals surface area contributed by atoms with Crippen LogP contribution in [0.15, 0.2) is 48.5 Å². The molecule has 2 N–H and O–H groups in total. The van der Waals surface area contributed by atoms with E-state index < -0.39 is 0 Å². The topological polar surface area (TPSA) is 58.2 Å². The Morgan fingerprint density at radius 2 is 1.58 bits per heavy atom. The van der Waals surface area contributed by atoms with Gasteiger partial charge in [-0.3, -0.25) is 9.59 Å². The van der Waals surface area contributed by atoms with Crippen molar-refractivity contribution in [2.75, 3.05) is 7.05 Å². The van der Waals surface area contributed by atoms with Crippen molar-refractivity contribution in [1.29, 1.82) is 0 Å². The van der Waals surface area contributed by atoms with Gasteiger partial charge in [-0.2, -0.15) is 0 Å². The second kappa shape index (κ2) is 6.48. The maximum Gasteiger partial charge on any atom is 0.251 e. The van der Waals surface area contributed by atoms with Gasteiger partial charge in [0.05, 0.1) is 6.42 Å². The molecule has 2 amide bonds. The van der Waals surface area contributed by atoms with E-state index in [-0.39, 0.29) is 17.4 Å². The van der Waals surface area contributed by atoms with E-state index in [1.54, 1.807) is 19.2 Å². The molecule has 2 aromatic carbocycles. The smallest absolute Gasteiger partial charge is 0.251 e. The number of hydrogen-bond donors (Lipinski definition) is 2. The van der Waals surface area contributed by atoms with Crippen LogP contribution in [-0.4, -0.2) is 24.4 Å². The van der Waals surface area contributed by atoms with Crippen LogP contribution in [0.1, 0.15) is 34.0 Å². The summed E-state index contributed by atoms with van der Waals surface area (Å²) in [5.74, 6) is -0.111. The minimum atomic E-state index is -0.248. The number of carbonyl (C=O) groups is 2. The second-order valence-electron chi connectivity index (χ2n) is 6.68. The van der Waals surface area contributed by atoms with Crippen molar-refractivity contribution in [2.45, 2.75) is 31.7 Å². The van der Waals surface area contributed by atoms with Gasteiger partial charge in [0.2, 0.25) is 5.91 Å². The van der Waals surface area contributed by atoms with Gasteiger partial charge in [0.25, 0.3) is 5.91 Å². The summed E-state index contributed by atoms with van der Waals surface area (Å²) in [7, 11) is 1.62. The van der Waals surface area contributed by atoms with E-state index >= 15 is 0 Å². The summed E-state index contributed by atoms with van der Waals surface area (Å²) in [5, 5.41) is 5.77. The highest BCUT2D eigenvalue weighted by molar-refractivity contribution is 5.95. The first-order valence-corrected chi connectivity index (χ1v) is 8.18. The van der Waals surface area contributed by atoms with E-state index in [1.807, 2.05) is 24.3 Å². The van der Waals surface area contributed by atoms with Crippen molar-refractivity contribution in [2.24, 2.45) is 0 Å². The quantitative estimate of drug-likeness (QED) is 0.907. The first-order valence-electron chi connectivity index (χ1n) is 8.18. The van der Waals surface area contributed by atoms with Gasteiger partial charge >= 0.3 is 0 Å². The molecule has 4 nitrogen and oxygen atoms in total. The number of hydrogen-bond acceptors (Lipinski definition) is 2. The SMILES string of the molecule is CNC(=O)Cc1ccc(C(=O)NC2(C)Cc3ccccc3C2)cc1. The van der Waals surface area contributed by atoms with Crippen LogP contribution in [0.4, 0.5) is 0 Å². The molecule has 0 radical (unpaired) electrons. The molecule has 0 atom stereocenters. The average Bonchev–Trinajstić information content (AvgIpc) is 2.90. The molecule has 2 aromatic rings. The molecule has 0 bridgehead atoms. The standard InChI is InChI=1S/C20H22N2O2/c1-20(12-16-5-3-4-6-17(16)13-20)22-19(24)15-9-7-14(8-10-15)11-18(23)21-2/h3-10H,11-13H2,1-2H3,(H,21,23)(H,22,24). The van der Waals surface area contributed by atoms with Crippen LogP contribution >= 0.6 is 0 Å². The van der Waals surface area contributed by atoms with Gasteiger partial charge in [-0.25, -0.2) is 0 Å². The van der Waals surface area contributed by atoms with Gasteiger partial charge in [0.15, 0.2) is 0 Å². The number of benzene rings is 2. The largest absolute Gasteiger partial charge is 0.359 e. The molecule has 1 aliphatic rings. The van der Waals surface area contributed by atoms with Gasteiger partial charge in [0, 0.05) is 18.2 Å². The predicted octanol–water partition coefficient (Wildman–Crippen LogP) is 2.26. The summed E-state index contributed by atoms with van der Waals surface area (Å²) in [4.78, 5) is 23.9. The maximum absolute atomic E-state index is 12.6. The fourth-order valence-electron chi connectivity index (χ4n) is 3.29. The number of carbonyl (C=O) groups excluding carboxylic acids is 2. The highest BCUT2D eigenvalue weighted by Gasteiger charge is 2.34. The van der Waals surface area contributed by atoms with E-state index in [4.69, 9.17) is 0 Å². The minimum Gasteiger partial charge on any atom is -0.359 e. The Bertz CT molecular complexity index is 740. The third-order valence-corrected chi connectivity index (χ3v) is 4.55. The molecule has 124 valence electrons. The highest BCUT2D eigenvalue weighted by Crippen LogP contribution is 2.29. The number of nitrogens with one attached hydrogen (secondary N) is 2. The molecule has 0 aliphatic heterocycles. The van der Waals surface area contributed by atoms with E-state index in [2.05, 4.69) is 29.7 Å². The number of fused-ring (bicyclic) bond motifs is 1. The Morgan fingerprint density at radius 1 is 1.00 bits per heavy atom. The van der Waals surface area contributed by atoms with Crippen LogP contribution < -0.4 is 10.6 Å². The summed E-state index contributed by atoms with van der Waals surface area (Å²) in [5.41, 5.74) is 3.88. The van der Waals surface area contributed by atoms with Gasteiger partial charge in [-0.15, -0.1) is 0 Å². The maximum atomic E-state index is 12.6. The molecule has 0 saturated heterocycles. The van der Waals surface area contributed by atoms with E-state index in [1.165, 1.54) is 11.1 Å². The normalized spacial score (nSPS) is 14.8. The summed E-state index contributed by atoms with van der Waals surface area (Å²) in [6.07, 6.45) is 2.03. The van der Waals surface area contributed by atoms with Crippen LogP contribution in [-0.2, 0) is 24.1 Å². The van der Waals surface area contributed by atoms with Gasteiger partial charge in [-0.1, -0.05) is 36.4 Å². The van der Waals surface area contributed by atoms with Gasteiger partial charge < -0.3 is 10.6 Å². The molecule has 1 aliphatic carbocycles. The lowest BCUT2D eigenvalue weighted by molar-refractivity contribution is -0.119. The zero-order chi connectivity index (χ0) is 17.2. The lowest BCUT2D eigenvalue weighted by Crippen LogP contribution is -2.46. The first-order chi connectivity index (χ1) is 11.5. The van der Waals surface area contributed by atoms with E-state index in [0.29, 0.717) is 12.0 Å². The summed E-state index contributed by atoms with van der Waals surface area (Å²) < 4.78 is 0. The third-order valence-electron chi connectivity index (χ3n) is 4.55. The van der Waals surface area contributed by atoms with Crippen molar-refractivity contribution in [3.63, 3.8) is 0 Å². The van der Waals surface area contributed by atoms with Crippen molar-refractivity contribution >= 4 is 11.8 Å². The predicted molar refractivity (Wildman–Crippen MR) is 93.9 cm³/mol. The Balaban J connectivity index is 1.66. The number of amides is 2. The Labute approximate surface area is 142 Å². The van der Waals surface area contributed by atoms with Crippen LogP contribution in [0.25, 0.3) is 0 Å². The lowest BCUT2D eigenvalue weighted by Gasteiger charge is -2.25. The van der Waals surface area contributed by atoms with Gasteiger partial charge in [-0.05, 0) is 48.6 Å². The molecule has 0 spiro atoms. The summed E-state index contributed by atoms with van der Waals surface area (Å²) in [6.45, 7) is 2.09. The van der Waals surface area contributed by atoms with Crippen LogP contribution in [0.3, 0.4) is 0 Å². The fourth-order valence-corrected chi connectivity index (χ4v) is 3.29. The molecule has 24 heavy (non-hydrogen) atoms. The molecular weight excluding hydrogens is 300 g/mol. The second-order valence-corrected chi connectivity index (χ2v) is 6.68. The monoisotopic (exact) mass is 322 g/mol. The molecule has 0 saturated carbocycles. The lowest BCUT2D eigenvalue weighted by atomic mass is 9.97. The highest BCUT2D eigenvalue weighted by atomic mass is 16.2. The molecule has 3 rings (SSSR count). The number of likely N-dealkylation sites (N-methyl/N-ethyl adjacent to an activating group) is 1. The third kappa shape index (κ3) is 3.48. The minimum absolute atomic E-state index is 0.0385. The average molecular weight is 322 g/mol. The fraction of sp³-hybridized carbons (Fsp3) is 0.300. The van der Waals surface area contributed by atoms with Crippen molar-refractivity contribution < 1.29 is 9.59 Å².